The maximum Gasteiger partial charge on any atom is 0.0483 e. The van der Waals surface area contributed by atoms with Crippen molar-refractivity contribution >= 4 is 10.9 Å². The topological polar surface area (TPSA) is 17.0 Å². The highest BCUT2D eigenvalue weighted by Crippen LogP contribution is 2.24. The first-order chi connectivity index (χ1) is 9.65. The van der Waals surface area contributed by atoms with Gasteiger partial charge in [0.15, 0.2) is 0 Å². The Kier molecular flexibility index (Phi) is 5.24. The van der Waals surface area contributed by atoms with Crippen LogP contribution in [0.2, 0.25) is 0 Å². The molecule has 0 aliphatic heterocycles. The Hall–Kier alpha value is -1.28. The molecular weight excluding hydrogens is 244 g/mol. The van der Waals surface area contributed by atoms with Crippen LogP contribution < -0.4 is 5.32 Å². The first-order valence-electron chi connectivity index (χ1n) is 7.91. The minimum atomic E-state index is 0.596. The number of hydrogen-bond acceptors (Lipinski definition) is 1. The molecule has 0 saturated carbocycles. The summed E-state index contributed by atoms with van der Waals surface area (Å²) in [5, 5.41) is 5.06. The molecule has 1 aromatic carbocycles. The van der Waals surface area contributed by atoms with Crippen molar-refractivity contribution < 1.29 is 0 Å². The van der Waals surface area contributed by atoms with E-state index in [0.29, 0.717) is 6.04 Å². The molecule has 1 aromatic heterocycles. The van der Waals surface area contributed by atoms with Crippen molar-refractivity contribution in [2.45, 2.75) is 59.0 Å². The summed E-state index contributed by atoms with van der Waals surface area (Å²) in [6, 6.07) is 9.26. The Morgan fingerprint density at radius 1 is 1.20 bits per heavy atom. The molecule has 2 heteroatoms. The third-order valence-corrected chi connectivity index (χ3v) is 4.37. The average molecular weight is 272 g/mol. The molecule has 2 aromatic rings. The molecule has 2 rings (SSSR count). The molecule has 110 valence electrons. The van der Waals surface area contributed by atoms with E-state index in [9.17, 15) is 0 Å². The molecule has 0 bridgehead atoms. The molecule has 0 saturated heterocycles. The van der Waals surface area contributed by atoms with Gasteiger partial charge in [0.1, 0.15) is 0 Å². The third-order valence-electron chi connectivity index (χ3n) is 4.37. The van der Waals surface area contributed by atoms with Crippen molar-refractivity contribution in [3.05, 3.63) is 35.5 Å². The van der Waals surface area contributed by atoms with Crippen molar-refractivity contribution in [2.75, 3.05) is 0 Å². The van der Waals surface area contributed by atoms with Gasteiger partial charge in [-0.15, -0.1) is 0 Å². The van der Waals surface area contributed by atoms with Crippen LogP contribution >= 0.6 is 0 Å². The van der Waals surface area contributed by atoms with Gasteiger partial charge in [-0.3, -0.25) is 0 Å². The van der Waals surface area contributed by atoms with Crippen molar-refractivity contribution in [3.63, 3.8) is 0 Å². The summed E-state index contributed by atoms with van der Waals surface area (Å²) < 4.78 is 2.33. The van der Waals surface area contributed by atoms with Crippen LogP contribution in [0.15, 0.2) is 24.3 Å². The Labute approximate surface area is 123 Å². The van der Waals surface area contributed by atoms with Crippen molar-refractivity contribution in [1.82, 2.24) is 9.88 Å². The molecule has 0 radical (unpaired) electrons. The van der Waals surface area contributed by atoms with Gasteiger partial charge in [-0.1, -0.05) is 44.4 Å². The number of nitrogens with zero attached hydrogens (tertiary/aromatic N) is 1. The van der Waals surface area contributed by atoms with E-state index in [-0.39, 0.29) is 0 Å². The van der Waals surface area contributed by atoms with Crippen LogP contribution in [0.1, 0.15) is 50.8 Å². The summed E-state index contributed by atoms with van der Waals surface area (Å²) in [5.41, 5.74) is 4.16. The molecule has 0 aliphatic rings. The Morgan fingerprint density at radius 3 is 2.65 bits per heavy atom. The van der Waals surface area contributed by atoms with Gasteiger partial charge < -0.3 is 9.88 Å². The van der Waals surface area contributed by atoms with Gasteiger partial charge in [-0.25, -0.2) is 0 Å². The number of aryl methyl sites for hydroxylation is 2. The molecule has 0 spiro atoms. The molecule has 2 nitrogen and oxygen atoms in total. The van der Waals surface area contributed by atoms with E-state index in [1.54, 1.807) is 0 Å². The maximum atomic E-state index is 3.68. The quantitative estimate of drug-likeness (QED) is 0.732. The van der Waals surface area contributed by atoms with E-state index < -0.39 is 0 Å². The van der Waals surface area contributed by atoms with Crippen LogP contribution in [0, 0.1) is 6.92 Å². The number of rotatable bonds is 7. The lowest BCUT2D eigenvalue weighted by Crippen LogP contribution is -2.26. The standard InChI is InChI=1S/C18H28N2/c1-5-6-7-10-14(2)19-13-18-15(3)16-11-8-9-12-17(16)20(18)4/h8-9,11-12,14,19H,5-7,10,13H2,1-4H3. The van der Waals surface area contributed by atoms with Gasteiger partial charge in [0.2, 0.25) is 0 Å². The number of para-hydroxylation sites is 1. The SMILES string of the molecule is CCCCCC(C)NCc1c(C)c2ccccc2n1C. The average Bonchev–Trinajstić information content (AvgIpc) is 2.70. The maximum absolute atomic E-state index is 3.68. The monoisotopic (exact) mass is 272 g/mol. The van der Waals surface area contributed by atoms with Crippen molar-refractivity contribution in [2.24, 2.45) is 7.05 Å². The van der Waals surface area contributed by atoms with E-state index >= 15 is 0 Å². The Bertz CT molecular complexity index is 515. The summed E-state index contributed by atoms with van der Waals surface area (Å²) in [6.45, 7) is 7.76. The van der Waals surface area contributed by atoms with E-state index in [0.717, 1.165) is 6.54 Å². The largest absolute Gasteiger partial charge is 0.346 e. The number of unbranched alkanes of at least 4 members (excludes halogenated alkanes) is 2. The Morgan fingerprint density at radius 2 is 1.95 bits per heavy atom. The van der Waals surface area contributed by atoms with Crippen LogP contribution in [0.5, 0.6) is 0 Å². The second-order valence-corrected chi connectivity index (χ2v) is 5.93. The Balaban J connectivity index is 2.03. The molecule has 0 fully saturated rings. The van der Waals surface area contributed by atoms with E-state index in [4.69, 9.17) is 0 Å². The predicted molar refractivity (Wildman–Crippen MR) is 88.1 cm³/mol. The van der Waals surface area contributed by atoms with Gasteiger partial charge in [0.05, 0.1) is 0 Å². The fraction of sp³-hybridized carbons (Fsp3) is 0.556. The third kappa shape index (κ3) is 3.24. The van der Waals surface area contributed by atoms with Gasteiger partial charge >= 0.3 is 0 Å². The number of benzene rings is 1. The lowest BCUT2D eigenvalue weighted by Gasteiger charge is -2.14. The molecular formula is C18H28N2. The lowest BCUT2D eigenvalue weighted by atomic mass is 10.1. The fourth-order valence-electron chi connectivity index (χ4n) is 2.96. The van der Waals surface area contributed by atoms with Gasteiger partial charge in [-0.2, -0.15) is 0 Å². The van der Waals surface area contributed by atoms with Crippen molar-refractivity contribution in [1.29, 1.82) is 0 Å². The second kappa shape index (κ2) is 6.94. The molecule has 0 aliphatic carbocycles. The van der Waals surface area contributed by atoms with E-state index in [1.807, 2.05) is 0 Å². The highest BCUT2D eigenvalue weighted by molar-refractivity contribution is 5.85. The summed E-state index contributed by atoms with van der Waals surface area (Å²) in [6.07, 6.45) is 5.25. The minimum absolute atomic E-state index is 0.596. The number of aromatic nitrogens is 1. The lowest BCUT2D eigenvalue weighted by molar-refractivity contribution is 0.480. The highest BCUT2D eigenvalue weighted by atomic mass is 15.0. The zero-order chi connectivity index (χ0) is 14.5. The highest BCUT2D eigenvalue weighted by Gasteiger charge is 2.11. The second-order valence-electron chi connectivity index (χ2n) is 5.93. The first kappa shape index (κ1) is 15.1. The normalized spacial score (nSPS) is 13.0. The van der Waals surface area contributed by atoms with Gasteiger partial charge in [-0.05, 0) is 31.9 Å². The van der Waals surface area contributed by atoms with Crippen LogP contribution in [-0.2, 0) is 13.6 Å². The predicted octanol–water partition coefficient (Wildman–Crippen LogP) is 4.55. The van der Waals surface area contributed by atoms with Gasteiger partial charge in [0, 0.05) is 36.2 Å². The van der Waals surface area contributed by atoms with E-state index in [2.05, 4.69) is 62.0 Å². The molecule has 1 unspecified atom stereocenters. The fourth-order valence-corrected chi connectivity index (χ4v) is 2.96. The summed E-state index contributed by atoms with van der Waals surface area (Å²) in [5.74, 6) is 0. The number of hydrogen-bond donors (Lipinski definition) is 1. The molecule has 1 heterocycles. The zero-order valence-electron chi connectivity index (χ0n) is 13.4. The first-order valence-corrected chi connectivity index (χ1v) is 7.91. The van der Waals surface area contributed by atoms with Crippen LogP contribution in [0.3, 0.4) is 0 Å². The van der Waals surface area contributed by atoms with Crippen LogP contribution in [0.4, 0.5) is 0 Å². The van der Waals surface area contributed by atoms with E-state index in [1.165, 1.54) is 47.8 Å². The molecule has 1 N–H and O–H groups in total. The molecule has 0 amide bonds. The summed E-state index contributed by atoms with van der Waals surface area (Å²) in [7, 11) is 2.17. The smallest absolute Gasteiger partial charge is 0.0483 e. The minimum Gasteiger partial charge on any atom is -0.346 e. The molecule has 20 heavy (non-hydrogen) atoms. The number of nitrogens with one attached hydrogen (secondary N) is 1. The van der Waals surface area contributed by atoms with Crippen LogP contribution in [0.25, 0.3) is 10.9 Å². The number of fused-ring (bicyclic) bond motifs is 1. The summed E-state index contributed by atoms with van der Waals surface area (Å²) in [4.78, 5) is 0. The van der Waals surface area contributed by atoms with Crippen LogP contribution in [-0.4, -0.2) is 10.6 Å². The molecule has 1 atom stereocenters. The van der Waals surface area contributed by atoms with Gasteiger partial charge in [0.25, 0.3) is 0 Å². The zero-order valence-corrected chi connectivity index (χ0v) is 13.4. The van der Waals surface area contributed by atoms with Crippen molar-refractivity contribution in [3.8, 4) is 0 Å². The summed E-state index contributed by atoms with van der Waals surface area (Å²) >= 11 is 0.